The normalized spacial score (nSPS) is 16.7. The summed E-state index contributed by atoms with van der Waals surface area (Å²) in [4.78, 5) is 3.03. The van der Waals surface area contributed by atoms with Crippen molar-refractivity contribution in [2.45, 2.75) is 57.9 Å². The fourth-order valence-corrected chi connectivity index (χ4v) is 3.58. The Morgan fingerprint density at radius 1 is 1.40 bits per heavy atom. The Labute approximate surface area is 96.7 Å². The van der Waals surface area contributed by atoms with Gasteiger partial charge in [0.15, 0.2) is 0 Å². The lowest BCUT2D eigenvalue weighted by molar-refractivity contribution is 0.587. The first-order chi connectivity index (χ1) is 7.31. The van der Waals surface area contributed by atoms with Crippen molar-refractivity contribution in [3.05, 3.63) is 21.4 Å². The van der Waals surface area contributed by atoms with Crippen molar-refractivity contribution in [3.63, 3.8) is 0 Å². The lowest BCUT2D eigenvalue weighted by Crippen LogP contribution is -2.08. The van der Waals surface area contributed by atoms with Crippen LogP contribution in [0.15, 0.2) is 6.07 Å². The van der Waals surface area contributed by atoms with Crippen LogP contribution >= 0.6 is 11.3 Å². The number of fused-ring (bicyclic) bond motifs is 1. The summed E-state index contributed by atoms with van der Waals surface area (Å²) in [5, 5.41) is 0. The van der Waals surface area contributed by atoms with Gasteiger partial charge in [-0.3, -0.25) is 0 Å². The second kappa shape index (κ2) is 5.13. The van der Waals surface area contributed by atoms with E-state index in [1.807, 2.05) is 11.3 Å². The molecule has 1 aromatic rings. The molecule has 0 radical (unpaired) electrons. The van der Waals surface area contributed by atoms with Crippen molar-refractivity contribution in [2.75, 3.05) is 0 Å². The van der Waals surface area contributed by atoms with Gasteiger partial charge in [0.2, 0.25) is 0 Å². The van der Waals surface area contributed by atoms with Crippen LogP contribution in [-0.4, -0.2) is 0 Å². The highest BCUT2D eigenvalue weighted by atomic mass is 32.1. The third-order valence-corrected chi connectivity index (χ3v) is 4.62. The molecule has 0 spiro atoms. The van der Waals surface area contributed by atoms with Crippen molar-refractivity contribution in [1.82, 2.24) is 0 Å². The molecule has 0 fully saturated rings. The van der Waals surface area contributed by atoms with Gasteiger partial charge < -0.3 is 5.73 Å². The van der Waals surface area contributed by atoms with E-state index in [-0.39, 0.29) is 0 Å². The first kappa shape index (κ1) is 11.2. The molecule has 1 unspecified atom stereocenters. The first-order valence-electron chi connectivity index (χ1n) is 6.18. The highest BCUT2D eigenvalue weighted by Gasteiger charge is 2.17. The summed E-state index contributed by atoms with van der Waals surface area (Å²) in [6.07, 6.45) is 8.97. The van der Waals surface area contributed by atoms with Gasteiger partial charge in [0.25, 0.3) is 0 Å². The van der Waals surface area contributed by atoms with Gasteiger partial charge in [-0.1, -0.05) is 26.2 Å². The molecule has 1 aliphatic carbocycles. The Bertz CT molecular complexity index is 295. The Morgan fingerprint density at radius 3 is 3.00 bits per heavy atom. The van der Waals surface area contributed by atoms with E-state index in [2.05, 4.69) is 13.0 Å². The van der Waals surface area contributed by atoms with Crippen molar-refractivity contribution in [3.8, 4) is 0 Å². The van der Waals surface area contributed by atoms with Crippen molar-refractivity contribution in [2.24, 2.45) is 5.73 Å². The zero-order chi connectivity index (χ0) is 10.7. The van der Waals surface area contributed by atoms with Crippen LogP contribution in [0.3, 0.4) is 0 Å². The van der Waals surface area contributed by atoms with Gasteiger partial charge in [0.05, 0.1) is 0 Å². The Hall–Kier alpha value is -0.340. The van der Waals surface area contributed by atoms with Crippen LogP contribution in [0.2, 0.25) is 0 Å². The third-order valence-electron chi connectivity index (χ3n) is 3.25. The topological polar surface area (TPSA) is 26.0 Å². The summed E-state index contributed by atoms with van der Waals surface area (Å²) in [5.41, 5.74) is 7.79. The largest absolute Gasteiger partial charge is 0.323 e. The average molecular weight is 223 g/mol. The monoisotopic (exact) mass is 223 g/mol. The molecular weight excluding hydrogens is 202 g/mol. The van der Waals surface area contributed by atoms with Crippen LogP contribution in [-0.2, 0) is 12.8 Å². The minimum atomic E-state index is 0.298. The minimum absolute atomic E-state index is 0.298. The van der Waals surface area contributed by atoms with Gasteiger partial charge in [0.1, 0.15) is 0 Å². The van der Waals surface area contributed by atoms with Gasteiger partial charge in [-0.2, -0.15) is 0 Å². The average Bonchev–Trinajstić information content (AvgIpc) is 2.76. The molecule has 1 atom stereocenters. The molecule has 2 N–H and O–H groups in total. The van der Waals surface area contributed by atoms with Crippen LogP contribution in [0.1, 0.15) is 60.4 Å². The molecular formula is C13H21NS. The first-order valence-corrected chi connectivity index (χ1v) is 7.00. The number of hydrogen-bond donors (Lipinski definition) is 1. The molecule has 15 heavy (non-hydrogen) atoms. The van der Waals surface area contributed by atoms with E-state index >= 15 is 0 Å². The fourth-order valence-electron chi connectivity index (χ4n) is 2.29. The van der Waals surface area contributed by atoms with Crippen molar-refractivity contribution >= 4 is 11.3 Å². The van der Waals surface area contributed by atoms with E-state index in [4.69, 9.17) is 5.73 Å². The second-order valence-corrected chi connectivity index (χ2v) is 5.72. The third kappa shape index (κ3) is 2.61. The molecule has 1 aromatic heterocycles. The Balaban J connectivity index is 1.91. The maximum absolute atomic E-state index is 6.21. The summed E-state index contributed by atoms with van der Waals surface area (Å²) in [6, 6.07) is 2.66. The van der Waals surface area contributed by atoms with Crippen LogP contribution in [0, 0.1) is 0 Å². The SMILES string of the molecule is CCCCCC(N)c1cc2c(s1)CCC2. The maximum Gasteiger partial charge on any atom is 0.0389 e. The molecule has 0 amide bonds. The molecule has 1 aliphatic rings. The summed E-state index contributed by atoms with van der Waals surface area (Å²) in [6.45, 7) is 2.24. The molecule has 1 heterocycles. The molecule has 0 aromatic carbocycles. The number of nitrogens with two attached hydrogens (primary N) is 1. The second-order valence-electron chi connectivity index (χ2n) is 4.55. The number of unbranched alkanes of at least 4 members (excludes halogenated alkanes) is 2. The summed E-state index contributed by atoms with van der Waals surface area (Å²) in [7, 11) is 0. The summed E-state index contributed by atoms with van der Waals surface area (Å²) >= 11 is 1.96. The molecule has 1 nitrogen and oxygen atoms in total. The van der Waals surface area contributed by atoms with E-state index in [9.17, 15) is 0 Å². The van der Waals surface area contributed by atoms with Gasteiger partial charge in [-0.25, -0.2) is 0 Å². The predicted molar refractivity (Wildman–Crippen MR) is 67.4 cm³/mol. The summed E-state index contributed by atoms with van der Waals surface area (Å²) < 4.78 is 0. The molecule has 84 valence electrons. The smallest absolute Gasteiger partial charge is 0.0389 e. The standard InChI is InChI=1S/C13H21NS/c1-2-3-4-7-11(14)13-9-10-6-5-8-12(10)15-13/h9,11H,2-8,14H2,1H3. The quantitative estimate of drug-likeness (QED) is 0.755. The van der Waals surface area contributed by atoms with Crippen LogP contribution in [0.25, 0.3) is 0 Å². The molecule has 2 rings (SSSR count). The van der Waals surface area contributed by atoms with Crippen LogP contribution in [0.4, 0.5) is 0 Å². The van der Waals surface area contributed by atoms with Gasteiger partial charge in [-0.05, 0) is 37.3 Å². The van der Waals surface area contributed by atoms with Crippen molar-refractivity contribution < 1.29 is 0 Å². The van der Waals surface area contributed by atoms with Crippen LogP contribution < -0.4 is 5.73 Å². The molecule has 0 saturated carbocycles. The van der Waals surface area contributed by atoms with Gasteiger partial charge in [0, 0.05) is 15.8 Å². The highest BCUT2D eigenvalue weighted by Crippen LogP contribution is 2.34. The lowest BCUT2D eigenvalue weighted by atomic mass is 10.1. The minimum Gasteiger partial charge on any atom is -0.323 e. The number of hydrogen-bond acceptors (Lipinski definition) is 2. The lowest BCUT2D eigenvalue weighted by Gasteiger charge is -2.08. The number of aryl methyl sites for hydroxylation is 2. The number of thiophene rings is 1. The van der Waals surface area contributed by atoms with Gasteiger partial charge in [-0.15, -0.1) is 11.3 Å². The highest BCUT2D eigenvalue weighted by molar-refractivity contribution is 7.12. The van der Waals surface area contributed by atoms with E-state index < -0.39 is 0 Å². The zero-order valence-corrected chi connectivity index (χ0v) is 10.4. The number of rotatable bonds is 5. The van der Waals surface area contributed by atoms with E-state index in [0.717, 1.165) is 6.42 Å². The fraction of sp³-hybridized carbons (Fsp3) is 0.692. The van der Waals surface area contributed by atoms with Gasteiger partial charge >= 0.3 is 0 Å². The van der Waals surface area contributed by atoms with Crippen molar-refractivity contribution in [1.29, 1.82) is 0 Å². The van der Waals surface area contributed by atoms with Crippen LogP contribution in [0.5, 0.6) is 0 Å². The van der Waals surface area contributed by atoms with E-state index in [1.54, 1.807) is 10.4 Å². The molecule has 0 bridgehead atoms. The van der Waals surface area contributed by atoms with E-state index in [0.29, 0.717) is 6.04 Å². The Kier molecular flexibility index (Phi) is 3.81. The molecule has 0 aliphatic heterocycles. The zero-order valence-electron chi connectivity index (χ0n) is 9.59. The Morgan fingerprint density at radius 2 is 2.27 bits per heavy atom. The van der Waals surface area contributed by atoms with E-state index in [1.165, 1.54) is 43.4 Å². The maximum atomic E-state index is 6.21. The predicted octanol–water partition coefficient (Wildman–Crippen LogP) is 3.82. The summed E-state index contributed by atoms with van der Waals surface area (Å²) in [5.74, 6) is 0. The molecule has 2 heteroatoms. The molecule has 0 saturated heterocycles.